The molecule has 3 heterocycles. The molecule has 0 aliphatic carbocycles. The highest BCUT2D eigenvalue weighted by Crippen LogP contribution is 2.35. The Morgan fingerprint density at radius 1 is 1.41 bits per heavy atom. The number of ether oxygens (including phenoxy) is 1. The van der Waals surface area contributed by atoms with Gasteiger partial charge >= 0.3 is 0 Å². The summed E-state index contributed by atoms with van der Waals surface area (Å²) in [6.07, 6.45) is 3.55. The molecule has 2 aromatic heterocycles. The van der Waals surface area contributed by atoms with Gasteiger partial charge in [0.1, 0.15) is 21.5 Å². The Bertz CT molecular complexity index is 957. The van der Waals surface area contributed by atoms with Crippen LogP contribution >= 0.6 is 11.3 Å². The number of benzene rings is 1. The number of para-hydroxylation sites is 1. The minimum absolute atomic E-state index is 0.0935. The van der Waals surface area contributed by atoms with Crippen LogP contribution in [0, 0.1) is 18.7 Å². The number of carbonyl (C=O) groups excluding carboxylic acids is 1. The summed E-state index contributed by atoms with van der Waals surface area (Å²) < 4.78 is 21.2. The molecular formula is C18H18FN5O2S. The normalized spacial score (nSPS) is 19.3. The van der Waals surface area contributed by atoms with Crippen LogP contribution in [0.3, 0.4) is 0 Å². The summed E-state index contributed by atoms with van der Waals surface area (Å²) in [5, 5.41) is 16.7. The highest BCUT2D eigenvalue weighted by Gasteiger charge is 2.36. The molecule has 1 aliphatic heterocycles. The third-order valence-electron chi connectivity index (χ3n) is 4.44. The van der Waals surface area contributed by atoms with Gasteiger partial charge in [-0.25, -0.2) is 9.07 Å². The van der Waals surface area contributed by atoms with Gasteiger partial charge in [0.05, 0.1) is 24.8 Å². The van der Waals surface area contributed by atoms with Crippen molar-refractivity contribution in [1.82, 2.24) is 25.3 Å². The molecule has 0 unspecified atom stereocenters. The zero-order valence-electron chi connectivity index (χ0n) is 14.6. The Kier molecular flexibility index (Phi) is 4.95. The molecule has 0 radical (unpaired) electrons. The Balaban J connectivity index is 1.47. The number of nitrogens with zero attached hydrogens (tertiary/aromatic N) is 4. The molecule has 27 heavy (non-hydrogen) atoms. The number of amides is 1. The number of hydrogen-bond acceptors (Lipinski definition) is 6. The average Bonchev–Trinajstić information content (AvgIpc) is 3.40. The van der Waals surface area contributed by atoms with E-state index in [-0.39, 0.29) is 17.6 Å². The van der Waals surface area contributed by atoms with Crippen molar-refractivity contribution in [2.24, 2.45) is 5.92 Å². The number of aryl methyl sites for hydroxylation is 1. The molecule has 0 bridgehead atoms. The van der Waals surface area contributed by atoms with Crippen molar-refractivity contribution >= 4 is 17.2 Å². The van der Waals surface area contributed by atoms with Gasteiger partial charge < -0.3 is 10.1 Å². The first-order valence-corrected chi connectivity index (χ1v) is 9.41. The number of halogens is 1. The maximum Gasteiger partial charge on any atom is 0.226 e. The SMILES string of the molecule is Cc1nnc(CNC(=O)[C@H]2CCO[C@@H]2c2cnn(-c3ccccc3F)c2)s1. The molecule has 1 amide bonds. The van der Waals surface area contributed by atoms with Gasteiger partial charge in [-0.2, -0.15) is 5.10 Å². The van der Waals surface area contributed by atoms with Crippen LogP contribution in [-0.4, -0.2) is 32.5 Å². The van der Waals surface area contributed by atoms with Gasteiger partial charge in [-0.15, -0.1) is 10.2 Å². The molecule has 9 heteroatoms. The Labute approximate surface area is 159 Å². The van der Waals surface area contributed by atoms with Crippen LogP contribution in [0.1, 0.15) is 28.1 Å². The smallest absolute Gasteiger partial charge is 0.226 e. The highest BCUT2D eigenvalue weighted by atomic mass is 32.1. The first-order valence-electron chi connectivity index (χ1n) is 8.59. The van der Waals surface area contributed by atoms with Crippen LogP contribution in [0.4, 0.5) is 4.39 Å². The topological polar surface area (TPSA) is 81.9 Å². The molecule has 3 aromatic rings. The van der Waals surface area contributed by atoms with Gasteiger partial charge in [0.2, 0.25) is 5.91 Å². The maximum atomic E-state index is 14.0. The van der Waals surface area contributed by atoms with E-state index in [1.807, 2.05) is 6.92 Å². The second-order valence-electron chi connectivity index (χ2n) is 6.29. The van der Waals surface area contributed by atoms with Gasteiger partial charge in [0.25, 0.3) is 0 Å². The Morgan fingerprint density at radius 3 is 3.04 bits per heavy atom. The lowest BCUT2D eigenvalue weighted by molar-refractivity contribution is -0.126. The van der Waals surface area contributed by atoms with E-state index in [4.69, 9.17) is 4.74 Å². The molecular weight excluding hydrogens is 369 g/mol. The van der Waals surface area contributed by atoms with Crippen molar-refractivity contribution in [3.63, 3.8) is 0 Å². The molecule has 1 aromatic carbocycles. The minimum atomic E-state index is -0.401. The lowest BCUT2D eigenvalue weighted by Gasteiger charge is -2.16. The fraction of sp³-hybridized carbons (Fsp3) is 0.333. The molecule has 0 saturated carbocycles. The average molecular weight is 387 g/mol. The summed E-state index contributed by atoms with van der Waals surface area (Å²) in [5.41, 5.74) is 1.11. The van der Waals surface area contributed by atoms with Gasteiger partial charge in [-0.3, -0.25) is 4.79 Å². The Morgan fingerprint density at radius 2 is 2.26 bits per heavy atom. The van der Waals surface area contributed by atoms with Crippen molar-refractivity contribution in [3.8, 4) is 5.69 Å². The number of carbonyl (C=O) groups is 1. The van der Waals surface area contributed by atoms with Crippen LogP contribution < -0.4 is 5.32 Å². The van der Waals surface area contributed by atoms with E-state index in [2.05, 4.69) is 20.6 Å². The summed E-state index contributed by atoms with van der Waals surface area (Å²) in [5.74, 6) is -0.776. The van der Waals surface area contributed by atoms with E-state index in [1.54, 1.807) is 30.6 Å². The fourth-order valence-corrected chi connectivity index (χ4v) is 3.79. The molecule has 7 nitrogen and oxygen atoms in total. The van der Waals surface area contributed by atoms with Crippen LogP contribution in [-0.2, 0) is 16.1 Å². The van der Waals surface area contributed by atoms with Crippen molar-refractivity contribution in [2.45, 2.75) is 26.0 Å². The third kappa shape index (κ3) is 3.74. The molecule has 1 saturated heterocycles. The van der Waals surface area contributed by atoms with E-state index in [0.29, 0.717) is 25.3 Å². The van der Waals surface area contributed by atoms with E-state index < -0.39 is 6.10 Å². The third-order valence-corrected chi connectivity index (χ3v) is 5.28. The quantitative estimate of drug-likeness (QED) is 0.728. The molecule has 4 rings (SSSR count). The fourth-order valence-electron chi connectivity index (χ4n) is 3.14. The maximum absolute atomic E-state index is 14.0. The first kappa shape index (κ1) is 17.7. The second-order valence-corrected chi connectivity index (χ2v) is 7.56. The largest absolute Gasteiger partial charge is 0.373 e. The van der Waals surface area contributed by atoms with Crippen molar-refractivity contribution < 1.29 is 13.9 Å². The molecule has 0 spiro atoms. The molecule has 1 aliphatic rings. The van der Waals surface area contributed by atoms with Crippen molar-refractivity contribution in [1.29, 1.82) is 0 Å². The minimum Gasteiger partial charge on any atom is -0.373 e. The van der Waals surface area contributed by atoms with E-state index in [1.165, 1.54) is 22.1 Å². The van der Waals surface area contributed by atoms with Gasteiger partial charge in [-0.05, 0) is 25.5 Å². The predicted octanol–water partition coefficient (Wildman–Crippen LogP) is 2.57. The van der Waals surface area contributed by atoms with E-state index >= 15 is 0 Å². The van der Waals surface area contributed by atoms with Gasteiger partial charge in [0, 0.05) is 18.4 Å². The van der Waals surface area contributed by atoms with Crippen LogP contribution in [0.15, 0.2) is 36.7 Å². The number of aromatic nitrogens is 4. The standard InChI is InChI=1S/C18H18FN5O2S/c1-11-22-23-16(27-11)9-20-18(25)13-6-7-26-17(13)12-8-21-24(10-12)15-5-3-2-4-14(15)19/h2-5,8,10,13,17H,6-7,9H2,1H3,(H,20,25)/t13-,17+/m0/s1. The summed E-state index contributed by atoms with van der Waals surface area (Å²) in [6, 6.07) is 6.41. The zero-order valence-corrected chi connectivity index (χ0v) is 15.4. The number of nitrogens with one attached hydrogen (secondary N) is 1. The van der Waals surface area contributed by atoms with Gasteiger partial charge in [-0.1, -0.05) is 23.5 Å². The Hall–Kier alpha value is -2.65. The monoisotopic (exact) mass is 387 g/mol. The van der Waals surface area contributed by atoms with Crippen LogP contribution in [0.25, 0.3) is 5.69 Å². The summed E-state index contributed by atoms with van der Waals surface area (Å²) >= 11 is 1.45. The number of rotatable bonds is 5. The van der Waals surface area contributed by atoms with E-state index in [0.717, 1.165) is 15.6 Å². The van der Waals surface area contributed by atoms with Gasteiger partial charge in [0.15, 0.2) is 0 Å². The first-order chi connectivity index (χ1) is 13.1. The molecule has 1 N–H and O–H groups in total. The van der Waals surface area contributed by atoms with Crippen LogP contribution in [0.2, 0.25) is 0 Å². The van der Waals surface area contributed by atoms with E-state index in [9.17, 15) is 9.18 Å². The lowest BCUT2D eigenvalue weighted by atomic mass is 9.96. The van der Waals surface area contributed by atoms with Crippen LogP contribution in [0.5, 0.6) is 0 Å². The van der Waals surface area contributed by atoms with Crippen molar-refractivity contribution in [3.05, 3.63) is 58.1 Å². The summed E-state index contributed by atoms with van der Waals surface area (Å²) in [4.78, 5) is 12.6. The summed E-state index contributed by atoms with van der Waals surface area (Å²) in [6.45, 7) is 2.71. The lowest BCUT2D eigenvalue weighted by Crippen LogP contribution is -2.31. The van der Waals surface area contributed by atoms with Crippen molar-refractivity contribution in [2.75, 3.05) is 6.61 Å². The highest BCUT2D eigenvalue weighted by molar-refractivity contribution is 7.11. The number of hydrogen-bond donors (Lipinski definition) is 1. The molecule has 1 fully saturated rings. The zero-order chi connectivity index (χ0) is 18.8. The predicted molar refractivity (Wildman–Crippen MR) is 96.8 cm³/mol. The second kappa shape index (κ2) is 7.53. The molecule has 140 valence electrons. The summed E-state index contributed by atoms with van der Waals surface area (Å²) in [7, 11) is 0. The molecule has 2 atom stereocenters.